The van der Waals surface area contributed by atoms with Crippen molar-refractivity contribution in [2.45, 2.75) is 34.1 Å². The summed E-state index contributed by atoms with van der Waals surface area (Å²) in [6, 6.07) is 0. The van der Waals surface area contributed by atoms with Gasteiger partial charge in [-0.05, 0) is 6.92 Å². The predicted molar refractivity (Wildman–Crippen MR) is 45.1 cm³/mol. The quantitative estimate of drug-likeness (QED) is 0.533. The molecule has 2 nitrogen and oxygen atoms in total. The van der Waals surface area contributed by atoms with E-state index in [1.165, 1.54) is 6.42 Å². The molecular weight excluding hydrogens is 128 g/mol. The highest BCUT2D eigenvalue weighted by Gasteiger charge is 1.65. The molecule has 0 amide bonds. The van der Waals surface area contributed by atoms with Crippen LogP contribution in [0, 0.1) is 0 Å². The van der Waals surface area contributed by atoms with Crippen molar-refractivity contribution in [3.05, 3.63) is 12.7 Å². The molecule has 0 aliphatic heterocycles. The minimum atomic E-state index is -0.833. The lowest BCUT2D eigenvalue weighted by Crippen LogP contribution is -1.78. The van der Waals surface area contributed by atoms with Gasteiger partial charge in [0, 0.05) is 6.92 Å². The van der Waals surface area contributed by atoms with Crippen LogP contribution in [0.2, 0.25) is 0 Å². The van der Waals surface area contributed by atoms with Crippen molar-refractivity contribution >= 4 is 5.97 Å². The fourth-order valence-electron chi connectivity index (χ4n) is 0. The summed E-state index contributed by atoms with van der Waals surface area (Å²) >= 11 is 0. The van der Waals surface area contributed by atoms with Crippen LogP contribution < -0.4 is 0 Å². The second kappa shape index (κ2) is 24.1. The van der Waals surface area contributed by atoms with E-state index in [-0.39, 0.29) is 0 Å². The van der Waals surface area contributed by atoms with Gasteiger partial charge in [0.2, 0.25) is 0 Å². The normalized spacial score (nSPS) is 5.60. The highest BCUT2D eigenvalue weighted by Crippen LogP contribution is 1.56. The first-order valence-corrected chi connectivity index (χ1v) is 3.33. The van der Waals surface area contributed by atoms with Gasteiger partial charge in [0.05, 0.1) is 0 Å². The second-order valence-corrected chi connectivity index (χ2v) is 1.63. The zero-order valence-corrected chi connectivity index (χ0v) is 7.35. The van der Waals surface area contributed by atoms with E-state index in [0.29, 0.717) is 0 Å². The van der Waals surface area contributed by atoms with Crippen LogP contribution >= 0.6 is 0 Å². The fraction of sp³-hybridized carbons (Fsp3) is 0.625. The molecule has 0 heterocycles. The topological polar surface area (TPSA) is 37.3 Å². The van der Waals surface area contributed by atoms with Gasteiger partial charge in [-0.1, -0.05) is 26.3 Å². The standard InChI is InChI=1S/C3H8.C3H6.C2H4O2/c2*1-3-2;1-2(3)4/h3H2,1-2H3;3H,1H2,2H3;1H3,(H,3,4). The Bertz CT molecular complexity index is 63.7. The van der Waals surface area contributed by atoms with Gasteiger partial charge in [0.25, 0.3) is 5.97 Å². The van der Waals surface area contributed by atoms with Crippen molar-refractivity contribution in [1.82, 2.24) is 0 Å². The Hall–Kier alpha value is -0.790. The third-order valence-electron chi connectivity index (χ3n) is 0. The maximum atomic E-state index is 9.00. The summed E-state index contributed by atoms with van der Waals surface area (Å²) in [5.74, 6) is -0.833. The number of carbonyl (C=O) groups is 1. The van der Waals surface area contributed by atoms with Gasteiger partial charge >= 0.3 is 0 Å². The van der Waals surface area contributed by atoms with Crippen LogP contribution in [0.4, 0.5) is 0 Å². The molecule has 1 N–H and O–H groups in total. The van der Waals surface area contributed by atoms with Gasteiger partial charge in [-0.25, -0.2) is 0 Å². The average molecular weight is 146 g/mol. The molecule has 0 aromatic heterocycles. The summed E-state index contributed by atoms with van der Waals surface area (Å²) in [6.07, 6.45) is 3.00. The molecule has 0 saturated heterocycles. The highest BCUT2D eigenvalue weighted by atomic mass is 16.4. The SMILES string of the molecule is C=CC.CC(=O)O.CCC. The third-order valence-corrected chi connectivity index (χ3v) is 0. The molecule has 0 aromatic rings. The molecule has 2 heteroatoms. The summed E-state index contributed by atoms with van der Waals surface area (Å²) < 4.78 is 0. The van der Waals surface area contributed by atoms with Gasteiger partial charge in [0.1, 0.15) is 0 Å². The highest BCUT2D eigenvalue weighted by molar-refractivity contribution is 5.62. The van der Waals surface area contributed by atoms with E-state index < -0.39 is 5.97 Å². The minimum Gasteiger partial charge on any atom is -0.481 e. The molecule has 0 saturated carbocycles. The van der Waals surface area contributed by atoms with Crippen LogP contribution in [0.5, 0.6) is 0 Å². The lowest BCUT2D eigenvalue weighted by Gasteiger charge is -1.59. The van der Waals surface area contributed by atoms with E-state index in [9.17, 15) is 0 Å². The summed E-state index contributed by atoms with van der Waals surface area (Å²) in [5, 5.41) is 7.42. The average Bonchev–Trinajstić information content (AvgIpc) is 1.65. The van der Waals surface area contributed by atoms with E-state index >= 15 is 0 Å². The molecule has 0 aliphatic rings. The van der Waals surface area contributed by atoms with Gasteiger partial charge in [-0.15, -0.1) is 6.58 Å². The van der Waals surface area contributed by atoms with E-state index in [1.807, 2.05) is 6.92 Å². The maximum Gasteiger partial charge on any atom is 0.300 e. The van der Waals surface area contributed by atoms with Gasteiger partial charge in [-0.2, -0.15) is 0 Å². The first kappa shape index (κ1) is 16.1. The molecule has 10 heavy (non-hydrogen) atoms. The Morgan fingerprint density at radius 2 is 1.60 bits per heavy atom. The zero-order chi connectivity index (χ0) is 8.99. The fourth-order valence-corrected chi connectivity index (χ4v) is 0. The summed E-state index contributed by atoms with van der Waals surface area (Å²) in [4.78, 5) is 9.00. The van der Waals surface area contributed by atoms with Gasteiger partial charge < -0.3 is 5.11 Å². The largest absolute Gasteiger partial charge is 0.481 e. The number of rotatable bonds is 0. The van der Waals surface area contributed by atoms with Crippen molar-refractivity contribution in [3.63, 3.8) is 0 Å². The number of carboxylic acids is 1. The molecule has 0 rings (SSSR count). The van der Waals surface area contributed by atoms with Crippen molar-refractivity contribution in [3.8, 4) is 0 Å². The molecule has 0 radical (unpaired) electrons. The monoisotopic (exact) mass is 146 g/mol. The van der Waals surface area contributed by atoms with E-state index in [4.69, 9.17) is 9.90 Å². The van der Waals surface area contributed by atoms with Crippen LogP contribution in [0.3, 0.4) is 0 Å². The summed E-state index contributed by atoms with van der Waals surface area (Å²) in [6.45, 7) is 10.6. The van der Waals surface area contributed by atoms with Crippen LogP contribution in [-0.4, -0.2) is 11.1 Å². The van der Waals surface area contributed by atoms with Crippen LogP contribution in [0.1, 0.15) is 34.1 Å². The lowest BCUT2D eigenvalue weighted by molar-refractivity contribution is -0.134. The molecule has 0 unspecified atom stereocenters. The first-order valence-electron chi connectivity index (χ1n) is 3.33. The zero-order valence-electron chi connectivity index (χ0n) is 7.35. The smallest absolute Gasteiger partial charge is 0.300 e. The number of allylic oxidation sites excluding steroid dienone is 1. The second-order valence-electron chi connectivity index (χ2n) is 1.63. The number of aliphatic carboxylic acids is 1. The molecule has 0 aliphatic carbocycles. The van der Waals surface area contributed by atoms with E-state index in [1.54, 1.807) is 6.08 Å². The number of carboxylic acid groups (broad SMARTS) is 1. The van der Waals surface area contributed by atoms with Gasteiger partial charge in [-0.3, -0.25) is 4.79 Å². The van der Waals surface area contributed by atoms with Crippen LogP contribution in [0.15, 0.2) is 12.7 Å². The van der Waals surface area contributed by atoms with Crippen molar-refractivity contribution in [1.29, 1.82) is 0 Å². The molecule has 62 valence electrons. The lowest BCUT2D eigenvalue weighted by atomic mass is 10.6. The van der Waals surface area contributed by atoms with E-state index in [0.717, 1.165) is 6.92 Å². The molecule has 0 spiro atoms. The molecular formula is C8H18O2. The summed E-state index contributed by atoms with van der Waals surface area (Å²) in [7, 11) is 0. The van der Waals surface area contributed by atoms with Crippen molar-refractivity contribution in [2.75, 3.05) is 0 Å². The Balaban J connectivity index is -0.0000000750. The molecule has 0 aromatic carbocycles. The van der Waals surface area contributed by atoms with Crippen LogP contribution in [0.25, 0.3) is 0 Å². The molecule has 0 bridgehead atoms. The van der Waals surface area contributed by atoms with Crippen molar-refractivity contribution < 1.29 is 9.90 Å². The Labute approximate surface area is 63.6 Å². The number of hydrogen-bond donors (Lipinski definition) is 1. The Kier molecular flexibility index (Phi) is 38.8. The van der Waals surface area contributed by atoms with E-state index in [2.05, 4.69) is 20.4 Å². The molecule has 0 atom stereocenters. The van der Waals surface area contributed by atoms with Crippen molar-refractivity contribution in [2.24, 2.45) is 0 Å². The summed E-state index contributed by atoms with van der Waals surface area (Å²) in [5.41, 5.74) is 0. The Morgan fingerprint density at radius 1 is 1.60 bits per heavy atom. The predicted octanol–water partition coefficient (Wildman–Crippen LogP) is 2.70. The third kappa shape index (κ3) is 446. The first-order chi connectivity index (χ1) is 4.56. The minimum absolute atomic E-state index is 0.833. The molecule has 0 fully saturated rings. The van der Waals surface area contributed by atoms with Gasteiger partial charge in [0.15, 0.2) is 0 Å². The Morgan fingerprint density at radius 3 is 1.60 bits per heavy atom. The number of hydrogen-bond acceptors (Lipinski definition) is 1. The van der Waals surface area contributed by atoms with Crippen LogP contribution in [-0.2, 0) is 4.79 Å². The maximum absolute atomic E-state index is 9.00.